The van der Waals surface area contributed by atoms with Gasteiger partial charge in [-0.25, -0.2) is 9.37 Å². The summed E-state index contributed by atoms with van der Waals surface area (Å²) in [4.78, 5) is 3.36. The predicted octanol–water partition coefficient (Wildman–Crippen LogP) is 4.41. The van der Waals surface area contributed by atoms with E-state index in [0.717, 1.165) is 17.8 Å². The quantitative estimate of drug-likeness (QED) is 0.844. The molecular weight excluding hydrogens is 272 g/mol. The number of nitrogens with zero attached hydrogens (tertiary/aromatic N) is 1. The molecule has 0 bridgehead atoms. The molecule has 0 radical (unpaired) electrons. The molecule has 0 amide bonds. The zero-order valence-electron chi connectivity index (χ0n) is 10.6. The van der Waals surface area contributed by atoms with Crippen molar-refractivity contribution in [1.29, 1.82) is 0 Å². The first-order valence-electron chi connectivity index (χ1n) is 5.91. The molecule has 2 aromatic rings. The van der Waals surface area contributed by atoms with E-state index in [1.165, 1.54) is 18.2 Å². The first kappa shape index (κ1) is 14.3. The largest absolute Gasteiger partial charge is 0.433 e. The highest BCUT2D eigenvalue weighted by atomic mass is 19.4. The van der Waals surface area contributed by atoms with Gasteiger partial charge in [0.05, 0.1) is 11.9 Å². The van der Waals surface area contributed by atoms with Gasteiger partial charge < -0.3 is 5.32 Å². The van der Waals surface area contributed by atoms with E-state index in [1.807, 2.05) is 6.92 Å². The Bertz CT molecular complexity index is 561. The number of anilines is 1. The zero-order valence-corrected chi connectivity index (χ0v) is 10.6. The molecule has 106 valence electrons. The van der Waals surface area contributed by atoms with E-state index in [2.05, 4.69) is 10.3 Å². The average molecular weight is 284 g/mol. The summed E-state index contributed by atoms with van der Waals surface area (Å²) >= 11 is 0. The maximum Gasteiger partial charge on any atom is 0.433 e. The molecule has 0 fully saturated rings. The van der Waals surface area contributed by atoms with Crippen molar-refractivity contribution < 1.29 is 17.6 Å². The molecule has 2 rings (SSSR count). The maximum atomic E-state index is 12.8. The molecule has 0 aliphatic rings. The molecule has 1 unspecified atom stereocenters. The van der Waals surface area contributed by atoms with E-state index >= 15 is 0 Å². The van der Waals surface area contributed by atoms with Crippen molar-refractivity contribution >= 4 is 5.69 Å². The number of pyridine rings is 1. The zero-order chi connectivity index (χ0) is 14.8. The fourth-order valence-electron chi connectivity index (χ4n) is 1.73. The molecule has 20 heavy (non-hydrogen) atoms. The molecule has 0 spiro atoms. The van der Waals surface area contributed by atoms with Crippen molar-refractivity contribution in [2.24, 2.45) is 0 Å². The van der Waals surface area contributed by atoms with Crippen LogP contribution in [0.15, 0.2) is 42.6 Å². The Morgan fingerprint density at radius 2 is 1.70 bits per heavy atom. The maximum absolute atomic E-state index is 12.8. The molecule has 1 aromatic heterocycles. The van der Waals surface area contributed by atoms with E-state index in [1.54, 1.807) is 12.1 Å². The number of aromatic nitrogens is 1. The summed E-state index contributed by atoms with van der Waals surface area (Å²) in [5, 5.41) is 3.00. The summed E-state index contributed by atoms with van der Waals surface area (Å²) in [6.45, 7) is 1.82. The molecule has 0 saturated carbocycles. The SMILES string of the molecule is CC(Nc1ccc(C(F)(F)F)nc1)c1ccc(F)cc1. The Labute approximate surface area is 113 Å². The lowest BCUT2D eigenvalue weighted by Crippen LogP contribution is -2.10. The standard InChI is InChI=1S/C14H12F4N2/c1-9(10-2-4-11(15)5-3-10)20-12-6-7-13(19-8-12)14(16,17)18/h2-9,20H,1H3. The van der Waals surface area contributed by atoms with Gasteiger partial charge in [-0.05, 0) is 36.8 Å². The van der Waals surface area contributed by atoms with E-state index in [-0.39, 0.29) is 11.9 Å². The van der Waals surface area contributed by atoms with Crippen molar-refractivity contribution in [3.05, 3.63) is 59.7 Å². The molecule has 0 saturated heterocycles. The van der Waals surface area contributed by atoms with Gasteiger partial charge >= 0.3 is 6.18 Å². The van der Waals surface area contributed by atoms with Gasteiger partial charge in [-0.2, -0.15) is 13.2 Å². The molecule has 0 aliphatic carbocycles. The van der Waals surface area contributed by atoms with Crippen LogP contribution in [0.3, 0.4) is 0 Å². The molecular formula is C14H12F4N2. The summed E-state index contributed by atoms with van der Waals surface area (Å²) in [7, 11) is 0. The van der Waals surface area contributed by atoms with Crippen LogP contribution in [0.1, 0.15) is 24.2 Å². The average Bonchev–Trinajstić information content (AvgIpc) is 2.39. The summed E-state index contributed by atoms with van der Waals surface area (Å²) in [5.41, 5.74) is 0.360. The number of alkyl halides is 3. The molecule has 2 nitrogen and oxygen atoms in total. The van der Waals surface area contributed by atoms with Gasteiger partial charge in [0.1, 0.15) is 11.5 Å². The Morgan fingerprint density at radius 3 is 2.20 bits per heavy atom. The van der Waals surface area contributed by atoms with Crippen LogP contribution < -0.4 is 5.32 Å². The summed E-state index contributed by atoms with van der Waals surface area (Å²) in [6, 6.07) is 7.95. The second-order valence-electron chi connectivity index (χ2n) is 4.35. The van der Waals surface area contributed by atoms with Crippen LogP contribution in [0, 0.1) is 5.82 Å². The van der Waals surface area contributed by atoms with Gasteiger partial charge in [-0.1, -0.05) is 12.1 Å². The number of hydrogen-bond donors (Lipinski definition) is 1. The van der Waals surface area contributed by atoms with Crippen molar-refractivity contribution in [2.75, 3.05) is 5.32 Å². The minimum Gasteiger partial charge on any atom is -0.377 e. The van der Waals surface area contributed by atoms with Crippen molar-refractivity contribution in [1.82, 2.24) is 4.98 Å². The first-order chi connectivity index (χ1) is 9.36. The topological polar surface area (TPSA) is 24.9 Å². The molecule has 6 heteroatoms. The summed E-state index contributed by atoms with van der Waals surface area (Å²) in [6.07, 6.45) is -3.32. The van der Waals surface area contributed by atoms with Crippen molar-refractivity contribution in [3.63, 3.8) is 0 Å². The van der Waals surface area contributed by atoms with Gasteiger partial charge in [0, 0.05) is 6.04 Å². The van der Waals surface area contributed by atoms with Gasteiger partial charge in [0.15, 0.2) is 0 Å². The summed E-state index contributed by atoms with van der Waals surface area (Å²) < 4.78 is 49.9. The van der Waals surface area contributed by atoms with Crippen molar-refractivity contribution in [3.8, 4) is 0 Å². The minimum atomic E-state index is -4.44. The van der Waals surface area contributed by atoms with Crippen LogP contribution in [-0.2, 0) is 6.18 Å². The molecule has 0 aliphatic heterocycles. The third kappa shape index (κ3) is 3.46. The lowest BCUT2D eigenvalue weighted by Gasteiger charge is -2.16. The third-order valence-electron chi connectivity index (χ3n) is 2.81. The van der Waals surface area contributed by atoms with Gasteiger partial charge in [-0.15, -0.1) is 0 Å². The molecule has 1 aromatic carbocycles. The lowest BCUT2D eigenvalue weighted by atomic mass is 10.1. The van der Waals surface area contributed by atoms with E-state index in [9.17, 15) is 17.6 Å². The smallest absolute Gasteiger partial charge is 0.377 e. The Morgan fingerprint density at radius 1 is 1.05 bits per heavy atom. The van der Waals surface area contributed by atoms with Gasteiger partial charge in [0.2, 0.25) is 0 Å². The van der Waals surface area contributed by atoms with Crippen LogP contribution in [0.2, 0.25) is 0 Å². The van der Waals surface area contributed by atoms with Crippen molar-refractivity contribution in [2.45, 2.75) is 19.1 Å². The number of nitrogens with one attached hydrogen (secondary N) is 1. The summed E-state index contributed by atoms with van der Waals surface area (Å²) in [5.74, 6) is -0.336. The number of hydrogen-bond acceptors (Lipinski definition) is 2. The lowest BCUT2D eigenvalue weighted by molar-refractivity contribution is -0.141. The Kier molecular flexibility index (Phi) is 3.92. The fraction of sp³-hybridized carbons (Fsp3) is 0.214. The van der Waals surface area contributed by atoms with Crippen LogP contribution in [0.4, 0.5) is 23.2 Å². The third-order valence-corrected chi connectivity index (χ3v) is 2.81. The van der Waals surface area contributed by atoms with E-state index < -0.39 is 11.9 Å². The van der Waals surface area contributed by atoms with Gasteiger partial charge in [0.25, 0.3) is 0 Å². The normalized spacial score (nSPS) is 13.1. The first-order valence-corrected chi connectivity index (χ1v) is 5.91. The molecule has 1 N–H and O–H groups in total. The monoisotopic (exact) mass is 284 g/mol. The minimum absolute atomic E-state index is 0.172. The van der Waals surface area contributed by atoms with Crippen LogP contribution in [0.5, 0.6) is 0 Å². The van der Waals surface area contributed by atoms with E-state index in [0.29, 0.717) is 5.69 Å². The number of halogens is 4. The molecule has 1 heterocycles. The number of rotatable bonds is 3. The molecule has 1 atom stereocenters. The van der Waals surface area contributed by atoms with Crippen LogP contribution in [-0.4, -0.2) is 4.98 Å². The van der Waals surface area contributed by atoms with Crippen LogP contribution in [0.25, 0.3) is 0 Å². The second kappa shape index (κ2) is 5.48. The second-order valence-corrected chi connectivity index (χ2v) is 4.35. The highest BCUT2D eigenvalue weighted by Gasteiger charge is 2.32. The fourth-order valence-corrected chi connectivity index (χ4v) is 1.73. The Hall–Kier alpha value is -2.11. The highest BCUT2D eigenvalue weighted by molar-refractivity contribution is 5.44. The number of benzene rings is 1. The van der Waals surface area contributed by atoms with Crippen LogP contribution >= 0.6 is 0 Å². The Balaban J connectivity index is 2.08. The van der Waals surface area contributed by atoms with E-state index in [4.69, 9.17) is 0 Å². The van der Waals surface area contributed by atoms with Gasteiger partial charge in [-0.3, -0.25) is 0 Å². The highest BCUT2D eigenvalue weighted by Crippen LogP contribution is 2.28. The predicted molar refractivity (Wildman–Crippen MR) is 67.7 cm³/mol.